The number of anilines is 6. The predicted molar refractivity (Wildman–Crippen MR) is 452 cm³/mol. The Balaban J connectivity index is 0.720. The van der Waals surface area contributed by atoms with Gasteiger partial charge >= 0.3 is 0 Å². The Morgan fingerprint density at radius 1 is 0.165 bits per heavy atom. The number of rotatable bonds is 8. The average molecular weight is 1390 g/mol. The van der Waals surface area contributed by atoms with Gasteiger partial charge in [0.15, 0.2) is 0 Å². The molecule has 0 saturated heterocycles. The van der Waals surface area contributed by atoms with Crippen molar-refractivity contribution in [1.29, 1.82) is 0 Å². The topological polar surface area (TPSA) is 6.48 Å². The summed E-state index contributed by atoms with van der Waals surface area (Å²) >= 11 is 0. The summed E-state index contributed by atoms with van der Waals surface area (Å²) in [5, 5.41) is 0. The number of fused-ring (bicyclic) bond motifs is 29. The molecule has 7 aliphatic carbocycles. The minimum Gasteiger partial charge on any atom is -0.310 e. The van der Waals surface area contributed by atoms with Crippen molar-refractivity contribution in [2.45, 2.75) is 68.6 Å². The van der Waals surface area contributed by atoms with Crippen LogP contribution in [-0.2, 0) is 27.1 Å². The maximum atomic E-state index is 2.64. The maximum Gasteiger partial charge on any atom is 0.0746 e. The Kier molecular flexibility index (Phi) is 12.7. The third-order valence-electron chi connectivity index (χ3n) is 26.7. The molecule has 16 aromatic carbocycles. The first kappa shape index (κ1) is 62.3. The summed E-state index contributed by atoms with van der Waals surface area (Å²) in [4.78, 5) is 5.26. The molecule has 0 fully saturated rings. The molecule has 109 heavy (non-hydrogen) atoms. The van der Waals surface area contributed by atoms with Gasteiger partial charge in [-0.15, -0.1) is 0 Å². The summed E-state index contributed by atoms with van der Waals surface area (Å²) in [7, 11) is 0. The second kappa shape index (κ2) is 22.1. The molecule has 2 nitrogen and oxygen atoms in total. The van der Waals surface area contributed by atoms with Crippen molar-refractivity contribution in [1.82, 2.24) is 0 Å². The fourth-order valence-corrected chi connectivity index (χ4v) is 22.1. The quantitative estimate of drug-likeness (QED) is 0.150. The lowest BCUT2D eigenvalue weighted by atomic mass is 9.69. The molecule has 0 saturated carbocycles. The van der Waals surface area contributed by atoms with Crippen molar-refractivity contribution in [2.75, 3.05) is 9.80 Å². The van der Waals surface area contributed by atoms with Crippen LogP contribution in [-0.4, -0.2) is 0 Å². The third-order valence-corrected chi connectivity index (χ3v) is 26.7. The third kappa shape index (κ3) is 8.00. The van der Waals surface area contributed by atoms with E-state index in [-0.39, 0.29) is 10.8 Å². The molecule has 0 N–H and O–H groups in total. The van der Waals surface area contributed by atoms with Crippen LogP contribution in [0.15, 0.2) is 352 Å². The van der Waals surface area contributed by atoms with Crippen LogP contribution in [0.2, 0.25) is 0 Å². The van der Waals surface area contributed by atoms with Crippen LogP contribution in [0.25, 0.3) is 100 Å². The maximum absolute atomic E-state index is 2.64. The fourth-order valence-electron chi connectivity index (χ4n) is 22.1. The Hall–Kier alpha value is -12.9. The highest BCUT2D eigenvalue weighted by Crippen LogP contribution is 2.69. The molecule has 2 heteroatoms. The van der Waals surface area contributed by atoms with E-state index < -0.39 is 16.2 Å². The fraction of sp³-hybridized carbons (Fsp3) is 0.103. The standard InChI is InChI=1S/C107H76N2/c1-103(2)86-43-18-10-32-72(86)79-57-54-67(62-94(79)103)108(68-55-58-80-73-33-11-19-44-87(73)104(3,4)95(80)63-68)98-51-28-42-84-85-61-66(53-60-93(85)107(102(84)98)90-47-22-14-36-76(90)77-37-15-23-48-91(77)107)71-39-26-40-82-81-59-56-69(64-96(81)105(5,6)100(71)82)109(97-50-25-17-31-70(97)65-29-8-7-9-30-65)99-52-27-41-83-78-38-16-24-49-92(78)106(101(83)99)88-45-20-12-34-74(88)75-35-13-21-46-89(75)106/h7-64H,1-6H3. The highest BCUT2D eigenvalue weighted by Gasteiger charge is 2.56. The highest BCUT2D eigenvalue weighted by atomic mass is 15.2. The summed E-state index contributed by atoms with van der Waals surface area (Å²) in [6.07, 6.45) is 0. The predicted octanol–water partition coefficient (Wildman–Crippen LogP) is 27.6. The molecule has 0 radical (unpaired) electrons. The molecular formula is C107H76N2. The zero-order valence-electron chi connectivity index (χ0n) is 61.9. The first-order valence-electron chi connectivity index (χ1n) is 38.8. The van der Waals surface area contributed by atoms with E-state index in [9.17, 15) is 0 Å². The van der Waals surface area contributed by atoms with Gasteiger partial charge in [0, 0.05) is 50.0 Å². The van der Waals surface area contributed by atoms with Crippen LogP contribution in [0.3, 0.4) is 0 Å². The van der Waals surface area contributed by atoms with Crippen molar-refractivity contribution in [3.05, 3.63) is 430 Å². The molecule has 0 aliphatic heterocycles. The molecule has 23 rings (SSSR count). The molecule has 0 aromatic heterocycles. The first-order valence-corrected chi connectivity index (χ1v) is 38.8. The van der Waals surface area contributed by atoms with Crippen LogP contribution < -0.4 is 9.80 Å². The summed E-state index contributed by atoms with van der Waals surface area (Å²) in [5.74, 6) is 0. The zero-order chi connectivity index (χ0) is 72.6. The highest BCUT2D eigenvalue weighted by molar-refractivity contribution is 6.05. The molecule has 0 bridgehead atoms. The van der Waals surface area contributed by atoms with Gasteiger partial charge in [0.05, 0.1) is 27.9 Å². The van der Waals surface area contributed by atoms with Gasteiger partial charge in [-0.05, 0) is 222 Å². The molecule has 16 aromatic rings. The summed E-state index contributed by atoms with van der Waals surface area (Å²) in [5.41, 5.74) is 46.2. The van der Waals surface area contributed by atoms with Crippen LogP contribution in [0.4, 0.5) is 34.1 Å². The molecular weight excluding hydrogens is 1310 g/mol. The average Bonchev–Trinajstić information content (AvgIpc) is 1.50. The van der Waals surface area contributed by atoms with Gasteiger partial charge in [0.1, 0.15) is 0 Å². The van der Waals surface area contributed by atoms with Crippen LogP contribution in [0, 0.1) is 0 Å². The Bertz CT molecular complexity index is 6460. The van der Waals surface area contributed by atoms with Gasteiger partial charge in [0.25, 0.3) is 0 Å². The minimum atomic E-state index is -0.676. The van der Waals surface area contributed by atoms with E-state index in [1.54, 1.807) is 0 Å². The molecule has 0 unspecified atom stereocenters. The number of nitrogens with zero attached hydrogens (tertiary/aromatic N) is 2. The number of para-hydroxylation sites is 1. The first-order chi connectivity index (χ1) is 53.4. The lowest BCUT2D eigenvalue weighted by molar-refractivity contribution is 0.660. The Labute approximate surface area is 638 Å². The van der Waals surface area contributed by atoms with Crippen LogP contribution >= 0.6 is 0 Å². The van der Waals surface area contributed by atoms with Crippen LogP contribution in [0.5, 0.6) is 0 Å². The Morgan fingerprint density at radius 2 is 0.468 bits per heavy atom. The number of benzene rings is 16. The normalized spacial score (nSPS) is 15.4. The second-order valence-corrected chi connectivity index (χ2v) is 32.8. The molecule has 7 aliphatic rings. The van der Waals surface area contributed by atoms with Gasteiger partial charge in [-0.1, -0.05) is 333 Å². The van der Waals surface area contributed by atoms with E-state index in [0.29, 0.717) is 0 Å². The van der Waals surface area contributed by atoms with E-state index in [4.69, 9.17) is 0 Å². The molecule has 0 heterocycles. The molecule has 0 amide bonds. The van der Waals surface area contributed by atoms with Crippen molar-refractivity contribution >= 4 is 34.1 Å². The summed E-state index contributed by atoms with van der Waals surface area (Å²) in [6.45, 7) is 14.6. The van der Waals surface area contributed by atoms with Gasteiger partial charge < -0.3 is 9.80 Å². The van der Waals surface area contributed by atoms with E-state index in [0.717, 1.165) is 28.4 Å². The van der Waals surface area contributed by atoms with E-state index in [2.05, 4.69) is 403 Å². The van der Waals surface area contributed by atoms with E-state index >= 15 is 0 Å². The van der Waals surface area contributed by atoms with Crippen molar-refractivity contribution in [2.24, 2.45) is 0 Å². The minimum absolute atomic E-state index is 0.216. The Morgan fingerprint density at radius 3 is 0.945 bits per heavy atom. The van der Waals surface area contributed by atoms with Crippen molar-refractivity contribution in [3.63, 3.8) is 0 Å². The van der Waals surface area contributed by atoms with Crippen LogP contribution in [0.1, 0.15) is 119 Å². The van der Waals surface area contributed by atoms with E-state index in [1.807, 2.05) is 0 Å². The summed E-state index contributed by atoms with van der Waals surface area (Å²) in [6, 6.07) is 135. The lowest BCUT2D eigenvalue weighted by Crippen LogP contribution is -2.28. The lowest BCUT2D eigenvalue weighted by Gasteiger charge is -2.37. The summed E-state index contributed by atoms with van der Waals surface area (Å²) < 4.78 is 0. The zero-order valence-corrected chi connectivity index (χ0v) is 61.9. The van der Waals surface area contributed by atoms with Crippen molar-refractivity contribution in [3.8, 4) is 100 Å². The van der Waals surface area contributed by atoms with E-state index in [1.165, 1.54) is 184 Å². The van der Waals surface area contributed by atoms with Gasteiger partial charge in [-0.3, -0.25) is 0 Å². The molecule has 0 atom stereocenters. The monoisotopic (exact) mass is 1390 g/mol. The number of hydrogen-bond donors (Lipinski definition) is 0. The SMILES string of the molecule is CC1(C)c2ccccc2-c2ccc(N(c3ccc4c(c3)C(C)(C)c3ccccc3-4)c3cccc4c3C3(c5ccccc5-c5ccccc53)c3ccc(-c5cccc6c5C(C)(C)c5cc(N(c7ccccc7-c7ccccc7)c7cccc8c7C7(c9ccccc9-c9ccccc97)c7ccccc7-8)ccc5-6)cc3-4)cc21. The van der Waals surface area contributed by atoms with Gasteiger partial charge in [0.2, 0.25) is 0 Å². The number of hydrogen-bond acceptors (Lipinski definition) is 2. The second-order valence-electron chi connectivity index (χ2n) is 32.8. The molecule has 514 valence electrons. The molecule has 2 spiro atoms. The largest absolute Gasteiger partial charge is 0.310 e. The van der Waals surface area contributed by atoms with Gasteiger partial charge in [-0.2, -0.15) is 0 Å². The smallest absolute Gasteiger partial charge is 0.0746 e. The van der Waals surface area contributed by atoms with Crippen molar-refractivity contribution < 1.29 is 0 Å². The van der Waals surface area contributed by atoms with Gasteiger partial charge in [-0.25, -0.2) is 0 Å².